The van der Waals surface area contributed by atoms with E-state index in [0.717, 1.165) is 38.0 Å². The summed E-state index contributed by atoms with van der Waals surface area (Å²) in [6.07, 6.45) is 4.75. The predicted octanol–water partition coefficient (Wildman–Crippen LogP) is 7.09. The molecule has 0 bridgehead atoms. The molecule has 0 aromatic heterocycles. The summed E-state index contributed by atoms with van der Waals surface area (Å²) >= 11 is 0. The average molecular weight is 495 g/mol. The van der Waals surface area contributed by atoms with Crippen LogP contribution in [0.15, 0.2) is 54.6 Å². The summed E-state index contributed by atoms with van der Waals surface area (Å²) in [4.78, 5) is 17.3. The molecule has 2 aliphatic heterocycles. The molecule has 192 valence electrons. The van der Waals surface area contributed by atoms with Gasteiger partial charge in [0.1, 0.15) is 18.1 Å². The third kappa shape index (κ3) is 4.16. The van der Waals surface area contributed by atoms with Crippen molar-refractivity contribution in [3.05, 3.63) is 88.0 Å². The van der Waals surface area contributed by atoms with Gasteiger partial charge in [0.25, 0.3) is 0 Å². The maximum Gasteiger partial charge on any atom is 0.126 e. The van der Waals surface area contributed by atoms with Crippen LogP contribution < -0.4 is 9.64 Å². The molecule has 0 fully saturated rings. The van der Waals surface area contributed by atoms with Crippen molar-refractivity contribution in [2.75, 3.05) is 18.5 Å². The van der Waals surface area contributed by atoms with Crippen molar-refractivity contribution in [1.82, 2.24) is 4.90 Å². The minimum absolute atomic E-state index is 0.00398. The van der Waals surface area contributed by atoms with Crippen molar-refractivity contribution < 1.29 is 9.53 Å². The van der Waals surface area contributed by atoms with Crippen LogP contribution >= 0.6 is 0 Å². The van der Waals surface area contributed by atoms with Crippen molar-refractivity contribution in [1.29, 1.82) is 0 Å². The first-order valence-electron chi connectivity index (χ1n) is 13.7. The van der Waals surface area contributed by atoms with E-state index in [-0.39, 0.29) is 12.0 Å². The fourth-order valence-electron chi connectivity index (χ4n) is 6.92. The molecule has 0 spiro atoms. The van der Waals surface area contributed by atoms with Crippen LogP contribution in [-0.2, 0) is 17.8 Å². The van der Waals surface area contributed by atoms with E-state index >= 15 is 0 Å². The number of carbonyl (C=O) groups excluding carboxylic acids is 1. The van der Waals surface area contributed by atoms with Crippen molar-refractivity contribution >= 4 is 17.7 Å². The van der Waals surface area contributed by atoms with E-state index in [2.05, 4.69) is 99.1 Å². The number of nitrogens with zero attached hydrogens (tertiary/aromatic N) is 2. The molecule has 2 unspecified atom stereocenters. The second kappa shape index (κ2) is 9.02. The number of rotatable bonds is 5. The molecule has 0 saturated carbocycles. The molecule has 2 heterocycles. The van der Waals surface area contributed by atoms with Crippen molar-refractivity contribution in [3.63, 3.8) is 0 Å². The van der Waals surface area contributed by atoms with Gasteiger partial charge in [0, 0.05) is 43.1 Å². The predicted molar refractivity (Wildman–Crippen MR) is 150 cm³/mol. The molecule has 0 amide bonds. The van der Waals surface area contributed by atoms with E-state index in [4.69, 9.17) is 4.74 Å². The number of carbonyl (C=O) groups is 1. The smallest absolute Gasteiger partial charge is 0.126 e. The number of para-hydroxylation sites is 1. The molecule has 4 nitrogen and oxygen atoms in total. The number of fused-ring (bicyclic) bond motifs is 3. The van der Waals surface area contributed by atoms with Crippen molar-refractivity contribution in [2.24, 2.45) is 5.41 Å². The highest BCUT2D eigenvalue weighted by Crippen LogP contribution is 2.53. The quantitative estimate of drug-likeness (QED) is 0.280. The van der Waals surface area contributed by atoms with Gasteiger partial charge in [0.15, 0.2) is 0 Å². The second-order valence-electron chi connectivity index (χ2n) is 11.9. The highest BCUT2D eigenvalue weighted by atomic mass is 16.5. The lowest BCUT2D eigenvalue weighted by Gasteiger charge is -2.37. The van der Waals surface area contributed by atoms with Gasteiger partial charge in [0.05, 0.1) is 11.4 Å². The van der Waals surface area contributed by atoms with Gasteiger partial charge in [-0.1, -0.05) is 56.3 Å². The van der Waals surface area contributed by atoms with Gasteiger partial charge in [-0.15, -0.1) is 0 Å². The molecule has 6 rings (SSSR count). The SMILES string of the molecule is Cc1c(C(c2ccc3c(c2)C(N2Cc4ccccc4O[C@H](C)C2)CCC3)C(C)(C)C=O)ccc2c1N2C. The molecule has 3 aromatic carbocycles. The third-order valence-electron chi connectivity index (χ3n) is 8.85. The third-order valence-corrected chi connectivity index (χ3v) is 8.85. The Labute approximate surface area is 221 Å². The minimum Gasteiger partial charge on any atom is -0.489 e. The van der Waals surface area contributed by atoms with E-state index in [0.29, 0.717) is 6.04 Å². The van der Waals surface area contributed by atoms with E-state index in [9.17, 15) is 4.79 Å². The average Bonchev–Trinajstić information content (AvgIpc) is 3.59. The monoisotopic (exact) mass is 494 g/mol. The summed E-state index contributed by atoms with van der Waals surface area (Å²) in [5, 5.41) is 0. The lowest BCUT2D eigenvalue weighted by molar-refractivity contribution is -0.115. The first-order chi connectivity index (χ1) is 17.8. The fourth-order valence-corrected chi connectivity index (χ4v) is 6.92. The standard InChI is InChI=1S/C33H38N2O2/c1-21-18-35(19-25-9-6-7-12-30(25)37-21)28-11-8-10-23-13-14-24(17-27(23)28)31(33(3,4)20-36)26-15-16-29-32(22(26)2)34(29)5/h6-7,9,12-17,20-21,28,31H,8,10-11,18-19H2,1-5H3/t21-,28?,31?,34?/m1/s1. The zero-order chi connectivity index (χ0) is 25.9. The molecule has 1 aliphatic carbocycles. The van der Waals surface area contributed by atoms with Crippen molar-refractivity contribution in [2.45, 2.75) is 71.6 Å². The molecular formula is C33H38N2O2. The van der Waals surface area contributed by atoms with Gasteiger partial charge in [-0.3, -0.25) is 4.90 Å². The van der Waals surface area contributed by atoms with Gasteiger partial charge in [-0.2, -0.15) is 0 Å². The zero-order valence-corrected chi connectivity index (χ0v) is 22.8. The highest BCUT2D eigenvalue weighted by molar-refractivity contribution is 5.95. The molecule has 37 heavy (non-hydrogen) atoms. The lowest BCUT2D eigenvalue weighted by Crippen LogP contribution is -2.36. The molecule has 0 radical (unpaired) electrons. The molecule has 3 aliphatic rings. The highest BCUT2D eigenvalue weighted by Gasteiger charge is 2.38. The molecule has 3 aromatic rings. The first kappa shape index (κ1) is 24.2. The van der Waals surface area contributed by atoms with E-state index in [1.165, 1.54) is 51.2 Å². The van der Waals surface area contributed by atoms with E-state index < -0.39 is 5.41 Å². The fraction of sp³-hybridized carbons (Fsp3) is 0.424. The number of benzene rings is 3. The number of hydrogen-bond acceptors (Lipinski definition) is 4. The Balaban J connectivity index is 1.42. The summed E-state index contributed by atoms with van der Waals surface area (Å²) in [6, 6.07) is 20.3. The summed E-state index contributed by atoms with van der Waals surface area (Å²) in [5.74, 6) is 1.02. The Morgan fingerprint density at radius 1 is 1.08 bits per heavy atom. The first-order valence-corrected chi connectivity index (χ1v) is 13.7. The van der Waals surface area contributed by atoms with Gasteiger partial charge < -0.3 is 14.4 Å². The maximum atomic E-state index is 12.4. The van der Waals surface area contributed by atoms with Crippen LogP contribution in [0.25, 0.3) is 0 Å². The Hall–Kier alpha value is -3.11. The van der Waals surface area contributed by atoms with E-state index in [1.807, 2.05) is 0 Å². The minimum atomic E-state index is -0.519. The van der Waals surface area contributed by atoms with Crippen LogP contribution in [-0.4, -0.2) is 30.9 Å². The summed E-state index contributed by atoms with van der Waals surface area (Å²) in [7, 11) is 2.12. The Morgan fingerprint density at radius 2 is 1.89 bits per heavy atom. The van der Waals surface area contributed by atoms with Crippen LogP contribution in [0.2, 0.25) is 0 Å². The Kier molecular flexibility index (Phi) is 5.91. The van der Waals surface area contributed by atoms with Gasteiger partial charge in [-0.25, -0.2) is 0 Å². The van der Waals surface area contributed by atoms with Crippen LogP contribution in [0.5, 0.6) is 5.75 Å². The van der Waals surface area contributed by atoms with Crippen LogP contribution in [0.3, 0.4) is 0 Å². The molecular weight excluding hydrogens is 456 g/mol. The zero-order valence-electron chi connectivity index (χ0n) is 22.8. The lowest BCUT2D eigenvalue weighted by atomic mass is 9.70. The number of ether oxygens (including phenoxy) is 1. The van der Waals surface area contributed by atoms with Crippen LogP contribution in [0, 0.1) is 12.3 Å². The summed E-state index contributed by atoms with van der Waals surface area (Å²) in [5.41, 5.74) is 10.0. The second-order valence-corrected chi connectivity index (χ2v) is 11.9. The number of aldehydes is 1. The summed E-state index contributed by atoms with van der Waals surface area (Å²) in [6.45, 7) is 10.4. The van der Waals surface area contributed by atoms with Gasteiger partial charge >= 0.3 is 0 Å². The van der Waals surface area contributed by atoms with Crippen LogP contribution in [0.1, 0.15) is 79.0 Å². The molecule has 0 saturated heterocycles. The van der Waals surface area contributed by atoms with Gasteiger partial charge in [-0.05, 0) is 73.1 Å². The van der Waals surface area contributed by atoms with Crippen LogP contribution in [0.4, 0.5) is 11.4 Å². The Morgan fingerprint density at radius 3 is 2.70 bits per heavy atom. The molecule has 4 heteroatoms. The topological polar surface area (TPSA) is 32.5 Å². The van der Waals surface area contributed by atoms with Gasteiger partial charge in [0.2, 0.25) is 0 Å². The molecule has 3 atom stereocenters. The number of anilines is 2. The summed E-state index contributed by atoms with van der Waals surface area (Å²) < 4.78 is 6.30. The normalized spacial score (nSPS) is 21.7. The number of hydrogen-bond donors (Lipinski definition) is 0. The van der Waals surface area contributed by atoms with E-state index in [1.54, 1.807) is 0 Å². The maximum absolute atomic E-state index is 12.4. The Bertz CT molecular complexity index is 1360. The molecule has 0 N–H and O–H groups in total. The van der Waals surface area contributed by atoms with Crippen molar-refractivity contribution in [3.8, 4) is 5.75 Å². The largest absolute Gasteiger partial charge is 0.489 e. The number of aryl methyl sites for hydroxylation is 1.